The number of ether oxygens (including phenoxy) is 4. The van der Waals surface area contributed by atoms with E-state index in [9.17, 15) is 14.4 Å². The summed E-state index contributed by atoms with van der Waals surface area (Å²) in [5.74, 6) is 0.239. The fourth-order valence-electron chi connectivity index (χ4n) is 3.50. The first-order valence-corrected chi connectivity index (χ1v) is 10.1. The van der Waals surface area contributed by atoms with Gasteiger partial charge >= 0.3 is 11.6 Å². The Hall–Kier alpha value is -4.01. The maximum atomic E-state index is 12.7. The van der Waals surface area contributed by atoms with E-state index in [2.05, 4.69) is 5.32 Å². The predicted molar refractivity (Wildman–Crippen MR) is 122 cm³/mol. The standard InChI is InChI=1S/C24H25NO8/c1-13-8-23(27)33-19-12-18(29-2)14(9-15(13)19)6-7-22(26)25-17-11-21(31-4)20(30-3)10-16(17)24(28)32-5/h8-12H,6-7H2,1-5H3,(H,25,26). The van der Waals surface area contributed by atoms with Gasteiger partial charge in [0, 0.05) is 36.1 Å². The van der Waals surface area contributed by atoms with E-state index >= 15 is 0 Å². The van der Waals surface area contributed by atoms with Crippen LogP contribution in [0.5, 0.6) is 17.2 Å². The zero-order valence-electron chi connectivity index (χ0n) is 19.1. The monoisotopic (exact) mass is 455 g/mol. The first-order valence-electron chi connectivity index (χ1n) is 10.1. The summed E-state index contributed by atoms with van der Waals surface area (Å²) in [6, 6.07) is 7.85. The highest BCUT2D eigenvalue weighted by atomic mass is 16.5. The van der Waals surface area contributed by atoms with Gasteiger partial charge in [0.1, 0.15) is 11.3 Å². The Morgan fingerprint density at radius 3 is 2.21 bits per heavy atom. The molecular weight excluding hydrogens is 430 g/mol. The Morgan fingerprint density at radius 2 is 1.58 bits per heavy atom. The lowest BCUT2D eigenvalue weighted by Gasteiger charge is -2.15. The summed E-state index contributed by atoms with van der Waals surface area (Å²) in [5.41, 5.74) is 1.90. The summed E-state index contributed by atoms with van der Waals surface area (Å²) in [6.07, 6.45) is 0.455. The molecule has 33 heavy (non-hydrogen) atoms. The van der Waals surface area contributed by atoms with Crippen LogP contribution in [-0.2, 0) is 16.0 Å². The number of methoxy groups -OCH3 is 4. The van der Waals surface area contributed by atoms with Gasteiger partial charge in [-0.25, -0.2) is 9.59 Å². The molecule has 1 amide bonds. The number of carbonyl (C=O) groups is 2. The van der Waals surface area contributed by atoms with E-state index in [4.69, 9.17) is 23.4 Å². The molecule has 0 spiro atoms. The fraction of sp³-hybridized carbons (Fsp3) is 0.292. The Labute approximate surface area is 190 Å². The molecule has 3 rings (SSSR count). The number of hydrogen-bond donors (Lipinski definition) is 1. The number of aryl methyl sites for hydroxylation is 2. The second-order valence-corrected chi connectivity index (χ2v) is 7.20. The Balaban J connectivity index is 1.85. The van der Waals surface area contributed by atoms with Gasteiger partial charge in [-0.05, 0) is 30.5 Å². The quantitative estimate of drug-likeness (QED) is 0.406. The van der Waals surface area contributed by atoms with E-state index in [-0.39, 0.29) is 23.6 Å². The summed E-state index contributed by atoms with van der Waals surface area (Å²) < 4.78 is 26.0. The van der Waals surface area contributed by atoms with Crippen molar-refractivity contribution < 1.29 is 33.0 Å². The van der Waals surface area contributed by atoms with E-state index < -0.39 is 11.6 Å². The van der Waals surface area contributed by atoms with Crippen molar-refractivity contribution in [3.8, 4) is 17.2 Å². The Kier molecular flexibility index (Phi) is 7.22. The van der Waals surface area contributed by atoms with Crippen molar-refractivity contribution in [2.75, 3.05) is 33.8 Å². The van der Waals surface area contributed by atoms with Crippen LogP contribution < -0.4 is 25.2 Å². The molecule has 1 N–H and O–H groups in total. The molecule has 0 fully saturated rings. The molecule has 0 aliphatic rings. The highest BCUT2D eigenvalue weighted by Gasteiger charge is 2.19. The first kappa shape index (κ1) is 23.6. The lowest BCUT2D eigenvalue weighted by Crippen LogP contribution is -2.16. The molecule has 0 atom stereocenters. The molecule has 0 aliphatic carbocycles. The highest BCUT2D eigenvalue weighted by molar-refractivity contribution is 6.02. The molecule has 9 heteroatoms. The van der Waals surface area contributed by atoms with E-state index in [1.54, 1.807) is 6.07 Å². The zero-order valence-corrected chi connectivity index (χ0v) is 19.1. The van der Waals surface area contributed by atoms with E-state index in [1.807, 2.05) is 13.0 Å². The molecule has 1 aromatic heterocycles. The number of nitrogens with one attached hydrogen (secondary N) is 1. The van der Waals surface area contributed by atoms with Crippen molar-refractivity contribution >= 4 is 28.5 Å². The minimum Gasteiger partial charge on any atom is -0.496 e. The SMILES string of the molecule is COC(=O)c1cc(OC)c(OC)cc1NC(=O)CCc1cc2c(C)cc(=O)oc2cc1OC. The molecule has 3 aromatic rings. The predicted octanol–water partition coefficient (Wildman–Crippen LogP) is 3.49. The molecule has 0 aliphatic heterocycles. The van der Waals surface area contributed by atoms with Crippen LogP contribution in [0.3, 0.4) is 0 Å². The van der Waals surface area contributed by atoms with Crippen LogP contribution in [-0.4, -0.2) is 40.3 Å². The number of anilines is 1. The third-order valence-corrected chi connectivity index (χ3v) is 5.18. The maximum Gasteiger partial charge on any atom is 0.340 e. The zero-order chi connectivity index (χ0) is 24.1. The van der Waals surface area contributed by atoms with Gasteiger partial charge < -0.3 is 28.7 Å². The smallest absolute Gasteiger partial charge is 0.340 e. The van der Waals surface area contributed by atoms with Gasteiger partial charge in [-0.1, -0.05) is 0 Å². The second-order valence-electron chi connectivity index (χ2n) is 7.20. The molecule has 0 unspecified atom stereocenters. The van der Waals surface area contributed by atoms with Crippen LogP contribution in [0.1, 0.15) is 27.9 Å². The molecule has 9 nitrogen and oxygen atoms in total. The summed E-state index contributed by atoms with van der Waals surface area (Å²) in [4.78, 5) is 36.6. The largest absolute Gasteiger partial charge is 0.496 e. The number of fused-ring (bicyclic) bond motifs is 1. The van der Waals surface area contributed by atoms with Gasteiger partial charge in [0.25, 0.3) is 0 Å². The number of hydrogen-bond acceptors (Lipinski definition) is 8. The Morgan fingerprint density at radius 1 is 0.909 bits per heavy atom. The van der Waals surface area contributed by atoms with Crippen molar-refractivity contribution in [3.05, 3.63) is 57.4 Å². The summed E-state index contributed by atoms with van der Waals surface area (Å²) in [6.45, 7) is 1.81. The summed E-state index contributed by atoms with van der Waals surface area (Å²) in [5, 5.41) is 3.50. The van der Waals surface area contributed by atoms with Crippen LogP contribution in [0.25, 0.3) is 11.0 Å². The van der Waals surface area contributed by atoms with Crippen LogP contribution in [0.4, 0.5) is 5.69 Å². The van der Waals surface area contributed by atoms with E-state index in [0.29, 0.717) is 29.3 Å². The molecular formula is C24H25NO8. The third kappa shape index (κ3) is 5.08. The van der Waals surface area contributed by atoms with E-state index in [1.165, 1.54) is 46.6 Å². The molecule has 0 saturated carbocycles. The first-order chi connectivity index (χ1) is 15.8. The minimum atomic E-state index is -0.626. The van der Waals surface area contributed by atoms with Crippen molar-refractivity contribution in [1.82, 2.24) is 0 Å². The second kappa shape index (κ2) is 10.1. The number of benzene rings is 2. The summed E-state index contributed by atoms with van der Waals surface area (Å²) >= 11 is 0. The van der Waals surface area contributed by atoms with Gasteiger partial charge in [-0.2, -0.15) is 0 Å². The minimum absolute atomic E-state index is 0.104. The molecule has 1 heterocycles. The van der Waals surface area contributed by atoms with Crippen LogP contribution >= 0.6 is 0 Å². The van der Waals surface area contributed by atoms with Crippen molar-refractivity contribution in [3.63, 3.8) is 0 Å². The molecule has 0 bridgehead atoms. The summed E-state index contributed by atoms with van der Waals surface area (Å²) in [7, 11) is 5.66. The van der Waals surface area contributed by atoms with Crippen molar-refractivity contribution in [1.29, 1.82) is 0 Å². The number of carbonyl (C=O) groups excluding carboxylic acids is 2. The van der Waals surface area contributed by atoms with Crippen LogP contribution in [0.2, 0.25) is 0 Å². The van der Waals surface area contributed by atoms with Gasteiger partial charge in [0.15, 0.2) is 11.5 Å². The molecule has 0 saturated heterocycles. The third-order valence-electron chi connectivity index (χ3n) is 5.18. The average Bonchev–Trinajstić information content (AvgIpc) is 2.81. The van der Waals surface area contributed by atoms with Gasteiger partial charge in [0.2, 0.25) is 5.91 Å². The van der Waals surface area contributed by atoms with Gasteiger partial charge in [-0.3, -0.25) is 4.79 Å². The van der Waals surface area contributed by atoms with Crippen LogP contribution in [0, 0.1) is 6.92 Å². The average molecular weight is 455 g/mol. The lowest BCUT2D eigenvalue weighted by atomic mass is 10.0. The molecule has 0 radical (unpaired) electrons. The normalized spacial score (nSPS) is 10.6. The van der Waals surface area contributed by atoms with E-state index in [0.717, 1.165) is 16.5 Å². The lowest BCUT2D eigenvalue weighted by molar-refractivity contribution is -0.116. The molecule has 174 valence electrons. The van der Waals surface area contributed by atoms with Crippen LogP contribution in [0.15, 0.2) is 39.5 Å². The van der Waals surface area contributed by atoms with Gasteiger partial charge in [-0.15, -0.1) is 0 Å². The number of rotatable bonds is 8. The fourth-order valence-corrected chi connectivity index (χ4v) is 3.50. The highest BCUT2D eigenvalue weighted by Crippen LogP contribution is 2.34. The van der Waals surface area contributed by atoms with Gasteiger partial charge in [0.05, 0.1) is 39.7 Å². The molecule has 2 aromatic carbocycles. The number of esters is 1. The van der Waals surface area contributed by atoms with Crippen molar-refractivity contribution in [2.45, 2.75) is 19.8 Å². The Bertz CT molecular complexity index is 1260. The topological polar surface area (TPSA) is 113 Å². The van der Waals surface area contributed by atoms with Crippen molar-refractivity contribution in [2.24, 2.45) is 0 Å². The number of amides is 1. The maximum absolute atomic E-state index is 12.7.